The van der Waals surface area contributed by atoms with E-state index in [-0.39, 0.29) is 10.8 Å². The van der Waals surface area contributed by atoms with Crippen LogP contribution in [-0.2, 0) is 10.0 Å². The standard InChI is InChI=1S/C6H10N4O2S/c1-2-10-13(11,12)5-3-8-6(7)9-4-5/h3-4,10H,2H2,1H3,(H2,7,8,9). The Hall–Kier alpha value is -1.21. The molecule has 13 heavy (non-hydrogen) atoms. The zero-order valence-corrected chi connectivity index (χ0v) is 7.87. The summed E-state index contributed by atoms with van der Waals surface area (Å²) in [6.07, 6.45) is 2.33. The Labute approximate surface area is 76.3 Å². The molecule has 72 valence electrons. The number of anilines is 1. The van der Waals surface area contributed by atoms with E-state index >= 15 is 0 Å². The van der Waals surface area contributed by atoms with Gasteiger partial charge in [-0.15, -0.1) is 0 Å². The van der Waals surface area contributed by atoms with E-state index in [1.54, 1.807) is 6.92 Å². The predicted octanol–water partition coefficient (Wildman–Crippen LogP) is -0.643. The zero-order valence-electron chi connectivity index (χ0n) is 7.06. The van der Waals surface area contributed by atoms with E-state index in [9.17, 15) is 8.42 Å². The predicted molar refractivity (Wildman–Crippen MR) is 47.3 cm³/mol. The first-order chi connectivity index (χ1) is 6.06. The lowest BCUT2D eigenvalue weighted by Crippen LogP contribution is -2.23. The topological polar surface area (TPSA) is 98.0 Å². The summed E-state index contributed by atoms with van der Waals surface area (Å²) in [5.41, 5.74) is 5.21. The van der Waals surface area contributed by atoms with Crippen molar-refractivity contribution in [3.8, 4) is 0 Å². The van der Waals surface area contributed by atoms with Gasteiger partial charge in [-0.25, -0.2) is 23.1 Å². The molecule has 0 aliphatic heterocycles. The third kappa shape index (κ3) is 2.36. The smallest absolute Gasteiger partial charge is 0.243 e. The molecule has 0 fully saturated rings. The zero-order chi connectivity index (χ0) is 9.90. The van der Waals surface area contributed by atoms with Crippen LogP contribution in [0.25, 0.3) is 0 Å². The number of aromatic nitrogens is 2. The lowest BCUT2D eigenvalue weighted by atomic mass is 10.7. The van der Waals surface area contributed by atoms with Crippen LogP contribution in [0.15, 0.2) is 17.3 Å². The third-order valence-corrected chi connectivity index (χ3v) is 2.79. The summed E-state index contributed by atoms with van der Waals surface area (Å²) in [6, 6.07) is 0. The van der Waals surface area contributed by atoms with E-state index in [1.165, 1.54) is 12.4 Å². The van der Waals surface area contributed by atoms with Gasteiger partial charge in [0.15, 0.2) is 0 Å². The minimum absolute atomic E-state index is 0.0172. The van der Waals surface area contributed by atoms with Gasteiger partial charge in [-0.3, -0.25) is 0 Å². The van der Waals surface area contributed by atoms with Crippen LogP contribution in [0.5, 0.6) is 0 Å². The van der Waals surface area contributed by atoms with Gasteiger partial charge in [-0.05, 0) is 0 Å². The highest BCUT2D eigenvalue weighted by atomic mass is 32.2. The molecule has 0 bridgehead atoms. The molecule has 3 N–H and O–H groups in total. The molecule has 0 amide bonds. The van der Waals surface area contributed by atoms with E-state index in [1.807, 2.05) is 0 Å². The Bertz CT molecular complexity index is 372. The fourth-order valence-electron chi connectivity index (χ4n) is 0.738. The summed E-state index contributed by atoms with van der Waals surface area (Å²) in [4.78, 5) is 7.17. The fraction of sp³-hybridized carbons (Fsp3) is 0.333. The van der Waals surface area contributed by atoms with E-state index in [0.29, 0.717) is 6.54 Å². The minimum Gasteiger partial charge on any atom is -0.368 e. The van der Waals surface area contributed by atoms with Gasteiger partial charge in [0.1, 0.15) is 4.90 Å². The van der Waals surface area contributed by atoms with Crippen LogP contribution in [0.1, 0.15) is 6.92 Å². The van der Waals surface area contributed by atoms with Crippen molar-refractivity contribution in [2.75, 3.05) is 12.3 Å². The highest BCUT2D eigenvalue weighted by Gasteiger charge is 2.12. The Morgan fingerprint density at radius 1 is 1.46 bits per heavy atom. The van der Waals surface area contributed by atoms with Gasteiger partial charge >= 0.3 is 0 Å². The van der Waals surface area contributed by atoms with Crippen molar-refractivity contribution < 1.29 is 8.42 Å². The van der Waals surface area contributed by atoms with Crippen molar-refractivity contribution in [3.63, 3.8) is 0 Å². The minimum atomic E-state index is -3.46. The van der Waals surface area contributed by atoms with Gasteiger partial charge in [0.05, 0.1) is 12.4 Å². The average molecular weight is 202 g/mol. The first kappa shape index (κ1) is 9.87. The van der Waals surface area contributed by atoms with Gasteiger partial charge in [0.2, 0.25) is 16.0 Å². The number of nitrogens with two attached hydrogens (primary N) is 1. The molecule has 0 aromatic carbocycles. The third-order valence-electron chi connectivity index (χ3n) is 1.29. The molecule has 0 spiro atoms. The quantitative estimate of drug-likeness (QED) is 0.679. The second kappa shape index (κ2) is 3.67. The van der Waals surface area contributed by atoms with Crippen LogP contribution in [-0.4, -0.2) is 24.9 Å². The van der Waals surface area contributed by atoms with Crippen LogP contribution >= 0.6 is 0 Å². The van der Waals surface area contributed by atoms with Crippen molar-refractivity contribution in [1.82, 2.24) is 14.7 Å². The molecule has 0 aliphatic carbocycles. The van der Waals surface area contributed by atoms with Crippen LogP contribution in [0, 0.1) is 0 Å². The van der Waals surface area contributed by atoms with Crippen molar-refractivity contribution >= 4 is 16.0 Å². The van der Waals surface area contributed by atoms with Crippen molar-refractivity contribution in [3.05, 3.63) is 12.4 Å². The molecule has 0 unspecified atom stereocenters. The average Bonchev–Trinajstić information content (AvgIpc) is 2.05. The van der Waals surface area contributed by atoms with Crippen LogP contribution < -0.4 is 10.5 Å². The highest BCUT2D eigenvalue weighted by Crippen LogP contribution is 2.04. The van der Waals surface area contributed by atoms with Gasteiger partial charge in [-0.1, -0.05) is 6.92 Å². The number of nitrogens with zero attached hydrogens (tertiary/aromatic N) is 2. The van der Waals surface area contributed by atoms with Gasteiger partial charge in [0.25, 0.3) is 0 Å². The number of nitrogen functional groups attached to an aromatic ring is 1. The maximum absolute atomic E-state index is 11.3. The molecule has 6 nitrogen and oxygen atoms in total. The SMILES string of the molecule is CCNS(=O)(=O)c1cnc(N)nc1. The maximum atomic E-state index is 11.3. The fourth-order valence-corrected chi connectivity index (χ4v) is 1.67. The number of rotatable bonds is 3. The van der Waals surface area contributed by atoms with Crippen LogP contribution in [0.3, 0.4) is 0 Å². The summed E-state index contributed by atoms with van der Waals surface area (Å²) < 4.78 is 24.9. The summed E-state index contributed by atoms with van der Waals surface area (Å²) in [5.74, 6) is 0.0513. The second-order valence-electron chi connectivity index (χ2n) is 2.28. The number of nitrogens with one attached hydrogen (secondary N) is 1. The summed E-state index contributed by atoms with van der Waals surface area (Å²) >= 11 is 0. The van der Waals surface area contributed by atoms with E-state index in [4.69, 9.17) is 5.73 Å². The Morgan fingerprint density at radius 2 is 2.00 bits per heavy atom. The molecule has 0 aliphatic rings. The van der Waals surface area contributed by atoms with Crippen molar-refractivity contribution in [2.45, 2.75) is 11.8 Å². The summed E-state index contributed by atoms with van der Waals surface area (Å²) in [5, 5.41) is 0. The van der Waals surface area contributed by atoms with Crippen molar-refractivity contribution in [2.24, 2.45) is 0 Å². The Kier molecular flexibility index (Phi) is 2.79. The Balaban J connectivity index is 3.02. The van der Waals surface area contributed by atoms with Gasteiger partial charge in [0, 0.05) is 6.54 Å². The molecular formula is C6H10N4O2S. The van der Waals surface area contributed by atoms with Crippen LogP contribution in [0.2, 0.25) is 0 Å². The number of hydrogen-bond donors (Lipinski definition) is 2. The molecule has 1 heterocycles. The van der Waals surface area contributed by atoms with Crippen LogP contribution in [0.4, 0.5) is 5.95 Å². The van der Waals surface area contributed by atoms with E-state index < -0.39 is 10.0 Å². The summed E-state index contributed by atoms with van der Waals surface area (Å²) in [7, 11) is -3.46. The number of hydrogen-bond acceptors (Lipinski definition) is 5. The molecule has 0 saturated carbocycles. The lowest BCUT2D eigenvalue weighted by molar-refractivity contribution is 0.583. The number of sulfonamides is 1. The second-order valence-corrected chi connectivity index (χ2v) is 4.05. The van der Waals surface area contributed by atoms with Gasteiger partial charge in [-0.2, -0.15) is 0 Å². The summed E-state index contributed by atoms with van der Waals surface area (Å²) in [6.45, 7) is 2.02. The molecule has 1 aromatic heterocycles. The monoisotopic (exact) mass is 202 g/mol. The first-order valence-electron chi connectivity index (χ1n) is 3.63. The maximum Gasteiger partial charge on any atom is 0.243 e. The van der Waals surface area contributed by atoms with Crippen molar-refractivity contribution in [1.29, 1.82) is 0 Å². The molecular weight excluding hydrogens is 192 g/mol. The molecule has 0 atom stereocenters. The molecule has 0 radical (unpaired) electrons. The molecule has 0 saturated heterocycles. The molecule has 1 aromatic rings. The van der Waals surface area contributed by atoms with E-state index in [2.05, 4.69) is 14.7 Å². The van der Waals surface area contributed by atoms with E-state index in [0.717, 1.165) is 0 Å². The normalized spacial score (nSPS) is 11.5. The Morgan fingerprint density at radius 3 is 2.46 bits per heavy atom. The molecule has 1 rings (SSSR count). The largest absolute Gasteiger partial charge is 0.368 e. The highest BCUT2D eigenvalue weighted by molar-refractivity contribution is 7.89. The van der Waals surface area contributed by atoms with Gasteiger partial charge < -0.3 is 5.73 Å². The first-order valence-corrected chi connectivity index (χ1v) is 5.12. The molecule has 7 heteroatoms. The lowest BCUT2D eigenvalue weighted by Gasteiger charge is -2.02.